The third-order valence-electron chi connectivity index (χ3n) is 9.74. The second-order valence-electron chi connectivity index (χ2n) is 12.7. The molecule has 2 heterocycles. The van der Waals surface area contributed by atoms with Crippen molar-refractivity contribution in [2.24, 2.45) is 0 Å². The van der Waals surface area contributed by atoms with Gasteiger partial charge >= 0.3 is 0 Å². The number of nitrogens with zero attached hydrogens (tertiary/aromatic N) is 3. The zero-order valence-electron chi connectivity index (χ0n) is 27.5. The van der Waals surface area contributed by atoms with E-state index in [0.29, 0.717) is 17.5 Å². The van der Waals surface area contributed by atoms with Crippen molar-refractivity contribution >= 4 is 43.5 Å². The third-order valence-corrected chi connectivity index (χ3v) is 9.74. The van der Waals surface area contributed by atoms with E-state index in [2.05, 4.69) is 115 Å². The summed E-state index contributed by atoms with van der Waals surface area (Å²) in [5.41, 5.74) is 9.22. The first-order chi connectivity index (χ1) is 25.3. The van der Waals surface area contributed by atoms with Crippen LogP contribution in [0.25, 0.3) is 99.9 Å². The van der Waals surface area contributed by atoms with Gasteiger partial charge in [-0.3, -0.25) is 0 Å². The largest absolute Gasteiger partial charge is 0.455 e. The van der Waals surface area contributed by atoms with Gasteiger partial charge < -0.3 is 4.42 Å². The number of rotatable bonds is 5. The van der Waals surface area contributed by atoms with E-state index in [0.717, 1.165) is 65.9 Å². The molecule has 10 rings (SSSR count). The van der Waals surface area contributed by atoms with Crippen molar-refractivity contribution in [1.82, 2.24) is 15.0 Å². The highest BCUT2D eigenvalue weighted by Crippen LogP contribution is 2.45. The van der Waals surface area contributed by atoms with Gasteiger partial charge in [0.25, 0.3) is 0 Å². The Labute approximate surface area is 294 Å². The molecule has 0 radical (unpaired) electrons. The van der Waals surface area contributed by atoms with Gasteiger partial charge in [-0.25, -0.2) is 15.0 Å². The quantitative estimate of drug-likeness (QED) is 0.186. The summed E-state index contributed by atoms with van der Waals surface area (Å²) in [7, 11) is 0. The zero-order chi connectivity index (χ0) is 33.7. The summed E-state index contributed by atoms with van der Waals surface area (Å²) in [6.45, 7) is 0. The van der Waals surface area contributed by atoms with Gasteiger partial charge in [0.1, 0.15) is 11.2 Å². The number of aromatic nitrogens is 3. The normalized spacial score (nSPS) is 11.5. The third kappa shape index (κ3) is 4.88. The first-order valence-corrected chi connectivity index (χ1v) is 17.1. The van der Waals surface area contributed by atoms with Crippen LogP contribution >= 0.6 is 0 Å². The van der Waals surface area contributed by atoms with Gasteiger partial charge in [0, 0.05) is 32.8 Å². The fourth-order valence-corrected chi connectivity index (χ4v) is 7.39. The molecule has 0 fully saturated rings. The summed E-state index contributed by atoms with van der Waals surface area (Å²) < 4.78 is 6.71. The molecular formula is C47H29N3O. The maximum Gasteiger partial charge on any atom is 0.164 e. The molecule has 2 aromatic heterocycles. The highest BCUT2D eigenvalue weighted by atomic mass is 16.3. The fraction of sp³-hybridized carbons (Fsp3) is 0. The molecule has 0 unspecified atom stereocenters. The fourth-order valence-electron chi connectivity index (χ4n) is 7.39. The van der Waals surface area contributed by atoms with Crippen LogP contribution in [0.15, 0.2) is 180 Å². The van der Waals surface area contributed by atoms with Gasteiger partial charge in [-0.05, 0) is 56.6 Å². The molecule has 238 valence electrons. The molecule has 4 nitrogen and oxygen atoms in total. The minimum absolute atomic E-state index is 0.636. The van der Waals surface area contributed by atoms with Gasteiger partial charge in [-0.2, -0.15) is 0 Å². The van der Waals surface area contributed by atoms with E-state index in [1.165, 1.54) is 16.5 Å². The average molecular weight is 652 g/mol. The minimum atomic E-state index is 0.636. The van der Waals surface area contributed by atoms with E-state index in [4.69, 9.17) is 19.4 Å². The highest BCUT2D eigenvalue weighted by Gasteiger charge is 2.20. The summed E-state index contributed by atoms with van der Waals surface area (Å²) in [5, 5.41) is 6.67. The van der Waals surface area contributed by atoms with Gasteiger partial charge in [-0.1, -0.05) is 158 Å². The van der Waals surface area contributed by atoms with Gasteiger partial charge in [-0.15, -0.1) is 0 Å². The number of furan rings is 1. The molecule has 4 heteroatoms. The van der Waals surface area contributed by atoms with Gasteiger partial charge in [0.05, 0.1) is 0 Å². The van der Waals surface area contributed by atoms with Gasteiger partial charge in [0.2, 0.25) is 0 Å². The molecule has 0 N–H and O–H groups in total. The lowest BCUT2D eigenvalue weighted by Crippen LogP contribution is -2.00. The monoisotopic (exact) mass is 651 g/mol. The van der Waals surface area contributed by atoms with Crippen LogP contribution in [0.4, 0.5) is 0 Å². The highest BCUT2D eigenvalue weighted by molar-refractivity contribution is 6.23. The van der Waals surface area contributed by atoms with Crippen LogP contribution in [0.1, 0.15) is 0 Å². The van der Waals surface area contributed by atoms with E-state index in [-0.39, 0.29) is 0 Å². The first-order valence-electron chi connectivity index (χ1n) is 17.1. The second-order valence-corrected chi connectivity index (χ2v) is 12.7. The molecule has 10 aromatic rings. The maximum absolute atomic E-state index is 6.71. The predicted molar refractivity (Wildman–Crippen MR) is 209 cm³/mol. The summed E-state index contributed by atoms with van der Waals surface area (Å²) >= 11 is 0. The van der Waals surface area contributed by atoms with Crippen LogP contribution in [0.2, 0.25) is 0 Å². The van der Waals surface area contributed by atoms with Crippen molar-refractivity contribution in [2.75, 3.05) is 0 Å². The summed E-state index contributed by atoms with van der Waals surface area (Å²) in [6, 6.07) is 60.9. The van der Waals surface area contributed by atoms with Crippen molar-refractivity contribution in [1.29, 1.82) is 0 Å². The lowest BCUT2D eigenvalue weighted by molar-refractivity contribution is 0.673. The molecule has 0 saturated carbocycles. The van der Waals surface area contributed by atoms with Crippen molar-refractivity contribution in [3.05, 3.63) is 176 Å². The van der Waals surface area contributed by atoms with Crippen LogP contribution in [-0.2, 0) is 0 Å². The standard InChI is InChI=1S/C47H29N3O/c1-4-15-30(16-5-1)40-29-41-43-37(25-14-26-42(43)51-44(41)38-24-13-12-23-35(38)40)36-27-28-39(34-22-11-10-21-33(34)36)47-49-45(31-17-6-2-7-18-31)48-46(50-47)32-19-8-3-9-20-32/h1-29H. The van der Waals surface area contributed by atoms with Crippen LogP contribution in [0.5, 0.6) is 0 Å². The Morgan fingerprint density at radius 1 is 0.314 bits per heavy atom. The molecule has 51 heavy (non-hydrogen) atoms. The van der Waals surface area contributed by atoms with Crippen LogP contribution in [0, 0.1) is 0 Å². The lowest BCUT2D eigenvalue weighted by Gasteiger charge is -2.14. The lowest BCUT2D eigenvalue weighted by atomic mass is 9.90. The Morgan fingerprint density at radius 3 is 1.43 bits per heavy atom. The summed E-state index contributed by atoms with van der Waals surface area (Å²) in [5.74, 6) is 1.92. The minimum Gasteiger partial charge on any atom is -0.455 e. The Morgan fingerprint density at radius 2 is 0.804 bits per heavy atom. The number of hydrogen-bond donors (Lipinski definition) is 0. The second kappa shape index (κ2) is 11.9. The molecule has 0 aliphatic rings. The van der Waals surface area contributed by atoms with Crippen molar-refractivity contribution < 1.29 is 4.42 Å². The Hall–Kier alpha value is -6.91. The zero-order valence-corrected chi connectivity index (χ0v) is 27.5. The summed E-state index contributed by atoms with van der Waals surface area (Å²) in [4.78, 5) is 15.0. The molecule has 0 aliphatic heterocycles. The average Bonchev–Trinajstić information content (AvgIpc) is 3.60. The SMILES string of the molecule is c1ccc(-c2nc(-c3ccccc3)nc(-c3ccc(-c4cccc5oc6c7ccccc7c(-c7ccccc7)cc6c45)c4ccccc34)n2)cc1. The maximum atomic E-state index is 6.71. The molecule has 0 bridgehead atoms. The van der Waals surface area contributed by atoms with Crippen LogP contribution in [0.3, 0.4) is 0 Å². The van der Waals surface area contributed by atoms with Crippen LogP contribution in [-0.4, -0.2) is 15.0 Å². The molecule has 0 amide bonds. The number of hydrogen-bond acceptors (Lipinski definition) is 4. The Kier molecular flexibility index (Phi) is 6.78. The molecule has 8 aromatic carbocycles. The molecule has 0 saturated heterocycles. The Bertz CT molecular complexity index is 2840. The van der Waals surface area contributed by atoms with E-state index < -0.39 is 0 Å². The number of fused-ring (bicyclic) bond motifs is 6. The van der Waals surface area contributed by atoms with Gasteiger partial charge in [0.15, 0.2) is 17.5 Å². The topological polar surface area (TPSA) is 51.8 Å². The summed E-state index contributed by atoms with van der Waals surface area (Å²) in [6.07, 6.45) is 0. The van der Waals surface area contributed by atoms with Crippen molar-refractivity contribution in [2.45, 2.75) is 0 Å². The predicted octanol–water partition coefficient (Wildman–Crippen LogP) is 12.4. The number of benzene rings is 8. The van der Waals surface area contributed by atoms with Crippen molar-refractivity contribution in [3.8, 4) is 56.4 Å². The molecule has 0 aliphatic carbocycles. The van der Waals surface area contributed by atoms with E-state index >= 15 is 0 Å². The Balaban J connectivity index is 1.22. The van der Waals surface area contributed by atoms with Crippen LogP contribution < -0.4 is 0 Å². The van der Waals surface area contributed by atoms with E-state index in [1.54, 1.807) is 0 Å². The first kappa shape index (κ1) is 29.0. The molecule has 0 spiro atoms. The van der Waals surface area contributed by atoms with E-state index in [9.17, 15) is 0 Å². The van der Waals surface area contributed by atoms with E-state index in [1.807, 2.05) is 60.7 Å². The molecular weight excluding hydrogens is 623 g/mol. The molecule has 0 atom stereocenters. The smallest absolute Gasteiger partial charge is 0.164 e. The van der Waals surface area contributed by atoms with Crippen molar-refractivity contribution in [3.63, 3.8) is 0 Å².